The molecule has 210 valence electrons. The normalized spacial score (nSPS) is 42.8. The highest BCUT2D eigenvalue weighted by molar-refractivity contribution is 6.04. The largest absolute Gasteiger partial charge is 0.462 e. The van der Waals surface area contributed by atoms with Crippen molar-refractivity contribution in [2.45, 2.75) is 98.2 Å². The zero-order valence-corrected chi connectivity index (χ0v) is 23.1. The number of carbonyl (C=O) groups is 5. The van der Waals surface area contributed by atoms with Crippen LogP contribution in [0.2, 0.25) is 0 Å². The predicted molar refractivity (Wildman–Crippen MR) is 131 cm³/mol. The summed E-state index contributed by atoms with van der Waals surface area (Å²) < 4.78 is 23.3. The predicted octanol–water partition coefficient (Wildman–Crippen LogP) is 2.29. The van der Waals surface area contributed by atoms with Gasteiger partial charge in [0.2, 0.25) is 0 Å². The fraction of sp³-hybridized carbons (Fsp3) is 0.750. The van der Waals surface area contributed by atoms with Crippen molar-refractivity contribution in [2.75, 3.05) is 0 Å². The van der Waals surface area contributed by atoms with E-state index in [-0.39, 0.29) is 30.6 Å². The maximum Gasteiger partial charge on any atom is 0.303 e. The molecule has 0 radical (unpaired) electrons. The van der Waals surface area contributed by atoms with Crippen LogP contribution >= 0.6 is 0 Å². The molecule has 0 aromatic carbocycles. The van der Waals surface area contributed by atoms with Crippen molar-refractivity contribution in [3.63, 3.8) is 0 Å². The Morgan fingerprint density at radius 1 is 0.816 bits per heavy atom. The topological polar surface area (TPSA) is 143 Å². The van der Waals surface area contributed by atoms with E-state index in [0.29, 0.717) is 0 Å². The monoisotopic (exact) mass is 534 g/mol. The van der Waals surface area contributed by atoms with Gasteiger partial charge < -0.3 is 24.1 Å². The van der Waals surface area contributed by atoms with Crippen LogP contribution in [0.1, 0.15) is 67.7 Å². The number of hydrogen-bond acceptors (Lipinski definition) is 10. The summed E-state index contributed by atoms with van der Waals surface area (Å²) in [6, 6.07) is 0. The number of aliphatic hydroxyl groups excluding tert-OH is 1. The maximum atomic E-state index is 14.1. The zero-order valence-electron chi connectivity index (χ0n) is 23.1. The van der Waals surface area contributed by atoms with Crippen LogP contribution in [-0.2, 0) is 42.9 Å². The molecule has 0 aromatic rings. The van der Waals surface area contributed by atoms with Crippen LogP contribution in [0.3, 0.4) is 0 Å². The minimum atomic E-state index is -1.35. The Labute approximate surface area is 222 Å². The van der Waals surface area contributed by atoms with Gasteiger partial charge in [0.1, 0.15) is 24.4 Å². The molecule has 0 aromatic heterocycles. The van der Waals surface area contributed by atoms with Crippen molar-refractivity contribution in [3.05, 3.63) is 12.2 Å². The first-order chi connectivity index (χ1) is 17.5. The number of Topliss-reactive ketones (excluding diaryl/α,β-unsaturated/α-hetero) is 1. The summed E-state index contributed by atoms with van der Waals surface area (Å²) >= 11 is 0. The lowest BCUT2D eigenvalue weighted by molar-refractivity contribution is -0.289. The van der Waals surface area contributed by atoms with Crippen LogP contribution in [0, 0.1) is 34.0 Å². The van der Waals surface area contributed by atoms with Crippen LogP contribution in [-0.4, -0.2) is 65.3 Å². The Kier molecular flexibility index (Phi) is 6.82. The van der Waals surface area contributed by atoms with Crippen molar-refractivity contribution >= 4 is 29.7 Å². The van der Waals surface area contributed by atoms with E-state index < -0.39 is 88.4 Å². The number of esters is 4. The van der Waals surface area contributed by atoms with Crippen molar-refractivity contribution in [3.8, 4) is 0 Å². The highest BCUT2D eigenvalue weighted by Gasteiger charge is 2.78. The average Bonchev–Trinajstić information content (AvgIpc) is 2.99. The Bertz CT molecular complexity index is 1090. The molecular formula is C28H38O10. The average molecular weight is 535 g/mol. The second kappa shape index (κ2) is 9.17. The van der Waals surface area contributed by atoms with Crippen molar-refractivity contribution in [1.29, 1.82) is 0 Å². The zero-order chi connectivity index (χ0) is 28.5. The summed E-state index contributed by atoms with van der Waals surface area (Å²) in [5.41, 5.74) is -2.93. The molecule has 4 aliphatic carbocycles. The molecular weight excluding hydrogens is 496 g/mol. The van der Waals surface area contributed by atoms with Gasteiger partial charge in [0.05, 0.1) is 11.5 Å². The SMILES string of the molecule is C=C1C(=O)[C@]23CC1C(O)C(OC(C)=O)[C@@H]2[C@]1(C)C(OC(C)=O)CC(OC(C)=O)C(C)(C)[C@@H]1CC3OC(C)=O. The molecule has 1 N–H and O–H groups in total. The molecule has 4 aliphatic rings. The van der Waals surface area contributed by atoms with E-state index in [4.69, 9.17) is 18.9 Å². The highest BCUT2D eigenvalue weighted by Crippen LogP contribution is 2.72. The number of hydrogen-bond donors (Lipinski definition) is 1. The third-order valence-electron chi connectivity index (χ3n) is 9.87. The van der Waals surface area contributed by atoms with Crippen LogP contribution in [0.5, 0.6) is 0 Å². The summed E-state index contributed by atoms with van der Waals surface area (Å²) in [6.07, 6.45) is -4.31. The first kappa shape index (κ1) is 28.3. The molecule has 0 heterocycles. The minimum Gasteiger partial charge on any atom is -0.462 e. The number of ether oxygens (including phenoxy) is 4. The highest BCUT2D eigenvalue weighted by atomic mass is 16.6. The molecule has 10 heteroatoms. The van der Waals surface area contributed by atoms with Gasteiger partial charge in [-0.15, -0.1) is 0 Å². The quantitative estimate of drug-likeness (QED) is 0.324. The number of aliphatic hydroxyl groups is 1. The fourth-order valence-electron chi connectivity index (χ4n) is 8.61. The number of carbonyl (C=O) groups excluding carboxylic acids is 5. The first-order valence-electron chi connectivity index (χ1n) is 13.1. The molecule has 0 saturated heterocycles. The Hall–Kier alpha value is -2.75. The van der Waals surface area contributed by atoms with Gasteiger partial charge in [0.25, 0.3) is 0 Å². The molecule has 4 rings (SSSR count). The third-order valence-corrected chi connectivity index (χ3v) is 9.87. The van der Waals surface area contributed by atoms with E-state index in [2.05, 4.69) is 6.58 Å². The third kappa shape index (κ3) is 3.89. The van der Waals surface area contributed by atoms with E-state index in [1.807, 2.05) is 20.8 Å². The summed E-state index contributed by atoms with van der Waals surface area (Å²) in [4.78, 5) is 63.2. The molecule has 38 heavy (non-hydrogen) atoms. The van der Waals surface area contributed by atoms with Crippen LogP contribution in [0.15, 0.2) is 12.2 Å². The van der Waals surface area contributed by atoms with Gasteiger partial charge in [-0.3, -0.25) is 24.0 Å². The maximum absolute atomic E-state index is 14.1. The standard InChI is InChI=1S/C28H38O10/c1-12-17-11-28(25(12)34)21(37-15(4)31)9-18-26(6,7)19(35-13(2)29)10-20(36-14(3)30)27(18,8)24(28)23(22(17)33)38-16(5)32/h17-24,33H,1,9-11H2,2-8H3/t17?,18-,19?,20?,21?,22?,23?,24+,27-,28-/m0/s1. The Balaban J connectivity index is 2.01. The molecule has 10 nitrogen and oxygen atoms in total. The van der Waals surface area contributed by atoms with Gasteiger partial charge in [-0.25, -0.2) is 0 Å². The summed E-state index contributed by atoms with van der Waals surface area (Å²) in [6.45, 7) is 14.8. The lowest BCUT2D eigenvalue weighted by Crippen LogP contribution is -2.74. The van der Waals surface area contributed by atoms with Gasteiger partial charge in [-0.2, -0.15) is 0 Å². The lowest BCUT2D eigenvalue weighted by atomic mass is 9.38. The lowest BCUT2D eigenvalue weighted by Gasteiger charge is -2.68. The molecule has 6 unspecified atom stereocenters. The molecule has 4 fully saturated rings. The van der Waals surface area contributed by atoms with E-state index in [9.17, 15) is 29.1 Å². The van der Waals surface area contributed by atoms with Crippen LogP contribution in [0.25, 0.3) is 0 Å². The van der Waals surface area contributed by atoms with E-state index >= 15 is 0 Å². The molecule has 2 bridgehead atoms. The van der Waals surface area contributed by atoms with Crippen molar-refractivity contribution in [1.82, 2.24) is 0 Å². The Morgan fingerprint density at radius 2 is 1.32 bits per heavy atom. The van der Waals surface area contributed by atoms with E-state index in [0.717, 1.165) is 0 Å². The number of rotatable bonds is 4. The van der Waals surface area contributed by atoms with E-state index in [1.54, 1.807) is 0 Å². The van der Waals surface area contributed by atoms with Gasteiger partial charge in [0, 0.05) is 56.8 Å². The molecule has 10 atom stereocenters. The number of ketones is 1. The second-order valence-corrected chi connectivity index (χ2v) is 12.3. The Morgan fingerprint density at radius 3 is 1.84 bits per heavy atom. The van der Waals surface area contributed by atoms with Crippen LogP contribution < -0.4 is 0 Å². The first-order valence-corrected chi connectivity index (χ1v) is 13.1. The van der Waals surface area contributed by atoms with Gasteiger partial charge in [-0.1, -0.05) is 27.4 Å². The smallest absolute Gasteiger partial charge is 0.303 e. The minimum absolute atomic E-state index is 0.144. The second-order valence-electron chi connectivity index (χ2n) is 12.3. The summed E-state index contributed by atoms with van der Waals surface area (Å²) in [5, 5.41) is 11.5. The molecule has 4 saturated carbocycles. The number of fused-ring (bicyclic) bond motifs is 3. The summed E-state index contributed by atoms with van der Waals surface area (Å²) in [5.74, 6) is -4.63. The van der Waals surface area contributed by atoms with Crippen molar-refractivity contribution < 1.29 is 48.0 Å². The van der Waals surface area contributed by atoms with Gasteiger partial charge in [0.15, 0.2) is 5.78 Å². The molecule has 0 aliphatic heterocycles. The van der Waals surface area contributed by atoms with Gasteiger partial charge in [-0.05, 0) is 24.3 Å². The van der Waals surface area contributed by atoms with E-state index in [1.165, 1.54) is 27.7 Å². The fourth-order valence-corrected chi connectivity index (χ4v) is 8.61. The summed E-state index contributed by atoms with van der Waals surface area (Å²) in [7, 11) is 0. The van der Waals surface area contributed by atoms with Gasteiger partial charge >= 0.3 is 23.9 Å². The van der Waals surface area contributed by atoms with Crippen molar-refractivity contribution in [2.24, 2.45) is 34.0 Å². The van der Waals surface area contributed by atoms with Crippen LogP contribution in [0.4, 0.5) is 0 Å². The molecule has 1 spiro atoms. The molecule has 0 amide bonds.